The van der Waals surface area contributed by atoms with E-state index in [0.29, 0.717) is 0 Å². The summed E-state index contributed by atoms with van der Waals surface area (Å²) in [7, 11) is -2.40. The molecule has 1 aromatic carbocycles. The molecule has 1 N–H and O–H groups in total. The van der Waals surface area contributed by atoms with E-state index in [4.69, 9.17) is 16.9 Å². The maximum absolute atomic E-state index is 12.1. The number of sulfonamides is 1. The van der Waals surface area contributed by atoms with Crippen LogP contribution in [-0.4, -0.2) is 37.5 Å². The summed E-state index contributed by atoms with van der Waals surface area (Å²) in [6, 6.07) is 5.84. The number of nitrogens with zero attached hydrogens (tertiary/aromatic N) is 2. The zero-order valence-corrected chi connectivity index (χ0v) is 11.5. The predicted octanol–water partition coefficient (Wildman–Crippen LogP) is 1.21. The monoisotopic (exact) mass is 288 g/mol. The summed E-state index contributed by atoms with van der Waals surface area (Å²) in [5, 5.41) is 17.9. The minimum Gasteiger partial charge on any atom is -0.392 e. The summed E-state index contributed by atoms with van der Waals surface area (Å²) in [5.41, 5.74) is 0.289. The van der Waals surface area contributed by atoms with Crippen LogP contribution in [0.5, 0.6) is 0 Å². The third-order valence-electron chi connectivity index (χ3n) is 2.27. The summed E-state index contributed by atoms with van der Waals surface area (Å²) in [6.07, 6.45) is -0.776. The fourth-order valence-electron chi connectivity index (χ4n) is 1.42. The Morgan fingerprint density at radius 2 is 2.17 bits per heavy atom. The minimum absolute atomic E-state index is 0.00788. The standard InChI is InChI=1S/C11H13ClN2O3S/c1-8(15)7-14(2)18(16,17)11-4-3-9(6-13)5-10(11)12/h3-5,8,15H,7H2,1-2H3. The van der Waals surface area contributed by atoms with Crippen LogP contribution in [0.1, 0.15) is 12.5 Å². The van der Waals surface area contributed by atoms with Gasteiger partial charge in [-0.15, -0.1) is 0 Å². The van der Waals surface area contributed by atoms with Crippen molar-refractivity contribution in [2.24, 2.45) is 0 Å². The largest absolute Gasteiger partial charge is 0.392 e. The molecule has 1 aromatic rings. The second kappa shape index (κ2) is 5.67. The topological polar surface area (TPSA) is 81.4 Å². The number of hydrogen-bond donors (Lipinski definition) is 1. The van der Waals surface area contributed by atoms with Gasteiger partial charge in [0.2, 0.25) is 10.0 Å². The number of likely N-dealkylation sites (N-methyl/N-ethyl adjacent to an activating group) is 1. The second-order valence-corrected chi connectivity index (χ2v) is 6.31. The number of benzene rings is 1. The molecule has 7 heteroatoms. The molecule has 0 aliphatic heterocycles. The quantitative estimate of drug-likeness (QED) is 0.903. The first kappa shape index (κ1) is 14.9. The van der Waals surface area contributed by atoms with Gasteiger partial charge in [0.1, 0.15) is 4.90 Å². The Labute approximate surface area is 111 Å². The molecule has 1 atom stereocenters. The molecular formula is C11H13ClN2O3S. The van der Waals surface area contributed by atoms with Gasteiger partial charge < -0.3 is 5.11 Å². The summed E-state index contributed by atoms with van der Waals surface area (Å²) >= 11 is 5.85. The molecule has 0 aliphatic carbocycles. The first-order valence-electron chi connectivity index (χ1n) is 5.13. The van der Waals surface area contributed by atoms with Crippen LogP contribution in [0.4, 0.5) is 0 Å². The van der Waals surface area contributed by atoms with E-state index in [1.54, 1.807) is 0 Å². The van der Waals surface area contributed by atoms with Crippen molar-refractivity contribution in [1.82, 2.24) is 4.31 Å². The summed E-state index contributed by atoms with van der Waals surface area (Å²) in [4.78, 5) is -0.0775. The Balaban J connectivity index is 3.17. The van der Waals surface area contributed by atoms with Crippen molar-refractivity contribution in [1.29, 1.82) is 5.26 Å². The van der Waals surface area contributed by atoms with E-state index in [2.05, 4.69) is 0 Å². The van der Waals surface area contributed by atoms with Gasteiger partial charge in [-0.2, -0.15) is 9.57 Å². The average Bonchev–Trinajstić information content (AvgIpc) is 2.27. The molecule has 0 aromatic heterocycles. The van der Waals surface area contributed by atoms with Crippen LogP contribution >= 0.6 is 11.6 Å². The maximum atomic E-state index is 12.1. The highest BCUT2D eigenvalue weighted by atomic mass is 35.5. The van der Waals surface area contributed by atoms with E-state index >= 15 is 0 Å². The van der Waals surface area contributed by atoms with Crippen LogP contribution in [0.2, 0.25) is 5.02 Å². The van der Waals surface area contributed by atoms with E-state index in [1.807, 2.05) is 6.07 Å². The van der Waals surface area contributed by atoms with Crippen LogP contribution in [0, 0.1) is 11.3 Å². The molecule has 0 aliphatic rings. The highest BCUT2D eigenvalue weighted by molar-refractivity contribution is 7.89. The lowest BCUT2D eigenvalue weighted by Crippen LogP contribution is -2.33. The molecule has 0 fully saturated rings. The maximum Gasteiger partial charge on any atom is 0.244 e. The Morgan fingerprint density at radius 3 is 2.61 bits per heavy atom. The average molecular weight is 289 g/mol. The van der Waals surface area contributed by atoms with E-state index in [0.717, 1.165) is 4.31 Å². The lowest BCUT2D eigenvalue weighted by molar-refractivity contribution is 0.171. The number of hydrogen-bond acceptors (Lipinski definition) is 4. The van der Waals surface area contributed by atoms with Crippen molar-refractivity contribution in [2.45, 2.75) is 17.9 Å². The third kappa shape index (κ3) is 3.21. The van der Waals surface area contributed by atoms with Crippen molar-refractivity contribution < 1.29 is 13.5 Å². The van der Waals surface area contributed by atoms with E-state index < -0.39 is 16.1 Å². The van der Waals surface area contributed by atoms with Gasteiger partial charge in [-0.1, -0.05) is 11.6 Å². The van der Waals surface area contributed by atoms with Crippen LogP contribution in [0.25, 0.3) is 0 Å². The Hall–Kier alpha value is -1.13. The van der Waals surface area contributed by atoms with Crippen LogP contribution in [-0.2, 0) is 10.0 Å². The fraction of sp³-hybridized carbons (Fsp3) is 0.364. The molecule has 0 spiro atoms. The van der Waals surface area contributed by atoms with E-state index in [9.17, 15) is 13.5 Å². The number of aliphatic hydroxyl groups is 1. The molecule has 0 radical (unpaired) electrons. The van der Waals surface area contributed by atoms with E-state index in [-0.39, 0.29) is 22.0 Å². The summed E-state index contributed by atoms with van der Waals surface area (Å²) in [5.74, 6) is 0. The molecule has 0 saturated heterocycles. The minimum atomic E-state index is -3.76. The molecule has 0 amide bonds. The van der Waals surface area contributed by atoms with Gasteiger partial charge in [0, 0.05) is 13.6 Å². The van der Waals surface area contributed by atoms with Crippen molar-refractivity contribution in [3.63, 3.8) is 0 Å². The van der Waals surface area contributed by atoms with Gasteiger partial charge >= 0.3 is 0 Å². The second-order valence-electron chi connectivity index (χ2n) is 3.89. The van der Waals surface area contributed by atoms with Crippen molar-refractivity contribution >= 4 is 21.6 Å². The molecule has 0 saturated carbocycles. The van der Waals surface area contributed by atoms with Gasteiger partial charge in [-0.05, 0) is 25.1 Å². The Kier molecular flexibility index (Phi) is 4.71. The Bertz CT molecular complexity index is 578. The van der Waals surface area contributed by atoms with Crippen molar-refractivity contribution in [3.8, 4) is 6.07 Å². The Morgan fingerprint density at radius 1 is 1.56 bits per heavy atom. The van der Waals surface area contributed by atoms with Crippen molar-refractivity contribution in [2.75, 3.05) is 13.6 Å². The van der Waals surface area contributed by atoms with Crippen molar-refractivity contribution in [3.05, 3.63) is 28.8 Å². The smallest absolute Gasteiger partial charge is 0.244 e. The molecule has 0 bridgehead atoms. The van der Waals surface area contributed by atoms with Gasteiger partial charge in [0.25, 0.3) is 0 Å². The third-order valence-corrected chi connectivity index (χ3v) is 4.58. The molecule has 98 valence electrons. The van der Waals surface area contributed by atoms with Crippen LogP contribution in [0.3, 0.4) is 0 Å². The van der Waals surface area contributed by atoms with Gasteiger partial charge in [0.05, 0.1) is 22.8 Å². The first-order chi connectivity index (χ1) is 8.28. The molecule has 5 nitrogen and oxygen atoms in total. The molecular weight excluding hydrogens is 276 g/mol. The number of rotatable bonds is 4. The molecule has 1 unspecified atom stereocenters. The van der Waals surface area contributed by atoms with Crippen LogP contribution < -0.4 is 0 Å². The van der Waals surface area contributed by atoms with Crippen LogP contribution in [0.15, 0.2) is 23.1 Å². The highest BCUT2D eigenvalue weighted by Crippen LogP contribution is 2.25. The lowest BCUT2D eigenvalue weighted by Gasteiger charge is -2.19. The van der Waals surface area contributed by atoms with Gasteiger partial charge in [-0.3, -0.25) is 0 Å². The van der Waals surface area contributed by atoms with Gasteiger partial charge in [0.15, 0.2) is 0 Å². The first-order valence-corrected chi connectivity index (χ1v) is 6.95. The summed E-state index contributed by atoms with van der Waals surface area (Å²) < 4.78 is 25.3. The molecule has 0 heterocycles. The zero-order chi connectivity index (χ0) is 13.9. The zero-order valence-electron chi connectivity index (χ0n) is 9.96. The predicted molar refractivity (Wildman–Crippen MR) is 67.7 cm³/mol. The normalized spacial score (nSPS) is 13.3. The molecule has 1 rings (SSSR count). The fourth-order valence-corrected chi connectivity index (χ4v) is 3.18. The SMILES string of the molecule is CC(O)CN(C)S(=O)(=O)c1ccc(C#N)cc1Cl. The number of halogens is 1. The number of aliphatic hydroxyl groups excluding tert-OH is 1. The molecule has 18 heavy (non-hydrogen) atoms. The lowest BCUT2D eigenvalue weighted by atomic mass is 10.2. The van der Waals surface area contributed by atoms with Gasteiger partial charge in [-0.25, -0.2) is 8.42 Å². The van der Waals surface area contributed by atoms with E-state index in [1.165, 1.54) is 32.2 Å². The highest BCUT2D eigenvalue weighted by Gasteiger charge is 2.24. The number of nitriles is 1. The summed E-state index contributed by atoms with van der Waals surface area (Å²) in [6.45, 7) is 1.46.